The lowest BCUT2D eigenvalue weighted by Crippen LogP contribution is -2.37. The maximum Gasteiger partial charge on any atom is 0.223 e. The molecule has 2 unspecified atom stereocenters. The normalized spacial score (nSPS) is 18.0. The molecule has 8 heteroatoms. The number of hydrogen-bond acceptors (Lipinski definition) is 4. The zero-order valence-corrected chi connectivity index (χ0v) is 18.2. The summed E-state index contributed by atoms with van der Waals surface area (Å²) in [5.41, 5.74) is 9.83. The summed E-state index contributed by atoms with van der Waals surface area (Å²) in [5.74, 6) is 0.0978. The number of benzene rings is 1. The minimum Gasteiger partial charge on any atom is -0.352 e. The maximum absolute atomic E-state index is 12.6. The molecule has 30 heavy (non-hydrogen) atoms. The Morgan fingerprint density at radius 3 is 2.53 bits per heavy atom. The fraction of sp³-hybridized carbons (Fsp3) is 0.318. The molecule has 1 fully saturated rings. The second-order valence-corrected chi connectivity index (χ2v) is 7.36. The number of nitrogens with one attached hydrogen (secondary N) is 1. The van der Waals surface area contributed by atoms with Crippen molar-refractivity contribution in [1.29, 1.82) is 0 Å². The fourth-order valence-electron chi connectivity index (χ4n) is 3.80. The number of rotatable bonds is 5. The Hall–Kier alpha value is -2.41. The number of amides is 1. The second-order valence-electron chi connectivity index (χ2n) is 7.36. The summed E-state index contributed by atoms with van der Waals surface area (Å²) >= 11 is 0. The van der Waals surface area contributed by atoms with Gasteiger partial charge in [0.05, 0.1) is 11.4 Å². The van der Waals surface area contributed by atoms with E-state index >= 15 is 0 Å². The van der Waals surface area contributed by atoms with Crippen molar-refractivity contribution in [2.75, 3.05) is 0 Å². The van der Waals surface area contributed by atoms with Crippen LogP contribution in [0, 0.1) is 5.92 Å². The molecule has 1 aromatic carbocycles. The van der Waals surface area contributed by atoms with Gasteiger partial charge >= 0.3 is 0 Å². The van der Waals surface area contributed by atoms with Crippen molar-refractivity contribution in [3.05, 3.63) is 66.6 Å². The molecule has 0 saturated heterocycles. The van der Waals surface area contributed by atoms with E-state index in [-0.39, 0.29) is 42.7 Å². The minimum absolute atomic E-state index is 0. The molecule has 1 saturated carbocycles. The molecule has 0 spiro atoms. The lowest BCUT2D eigenvalue weighted by molar-refractivity contribution is -0.126. The van der Waals surface area contributed by atoms with Gasteiger partial charge in [0.15, 0.2) is 0 Å². The molecule has 0 bridgehead atoms. The number of nitrogens with zero attached hydrogens (tertiary/aromatic N) is 3. The Morgan fingerprint density at radius 2 is 1.83 bits per heavy atom. The van der Waals surface area contributed by atoms with Crippen molar-refractivity contribution in [2.45, 2.75) is 38.3 Å². The number of carbonyl (C=O) groups excluding carboxylic acids is 1. The molecule has 0 radical (unpaired) electrons. The van der Waals surface area contributed by atoms with Crippen molar-refractivity contribution in [1.82, 2.24) is 20.1 Å². The Morgan fingerprint density at radius 1 is 1.10 bits per heavy atom. The molecule has 3 N–H and O–H groups in total. The molecule has 160 valence electrons. The Labute approximate surface area is 189 Å². The monoisotopic (exact) mass is 447 g/mol. The van der Waals surface area contributed by atoms with Gasteiger partial charge in [0, 0.05) is 48.2 Å². The molecular weight excluding hydrogens is 421 g/mol. The van der Waals surface area contributed by atoms with Crippen molar-refractivity contribution in [3.8, 4) is 16.9 Å². The standard InChI is InChI=1S/C22H25N5O.2ClH/c23-19-6-4-5-17(13-19)22(28)25-14-18-15-27(20-7-2-1-3-8-20)26-21(18)16-9-11-24-12-10-16;;/h1-3,7-12,15,17,19H,4-6,13-14,23H2,(H,25,28);2*1H. The predicted octanol–water partition coefficient (Wildman–Crippen LogP) is 3.91. The largest absolute Gasteiger partial charge is 0.352 e. The average Bonchev–Trinajstić information content (AvgIpc) is 3.17. The Balaban J connectivity index is 0.00000160. The van der Waals surface area contributed by atoms with Crippen molar-refractivity contribution in [2.24, 2.45) is 11.7 Å². The summed E-state index contributed by atoms with van der Waals surface area (Å²) < 4.78 is 1.85. The lowest BCUT2D eigenvalue weighted by Gasteiger charge is -2.25. The highest BCUT2D eigenvalue weighted by atomic mass is 35.5. The topological polar surface area (TPSA) is 85.8 Å². The van der Waals surface area contributed by atoms with E-state index in [1.54, 1.807) is 12.4 Å². The van der Waals surface area contributed by atoms with E-state index in [1.165, 1.54) is 0 Å². The van der Waals surface area contributed by atoms with E-state index < -0.39 is 0 Å². The highest BCUT2D eigenvalue weighted by Gasteiger charge is 2.25. The third-order valence-electron chi connectivity index (χ3n) is 5.30. The number of para-hydroxylation sites is 1. The highest BCUT2D eigenvalue weighted by Crippen LogP contribution is 2.25. The zero-order valence-electron chi connectivity index (χ0n) is 16.6. The average molecular weight is 448 g/mol. The number of carbonyl (C=O) groups is 1. The van der Waals surface area contributed by atoms with E-state index in [4.69, 9.17) is 10.8 Å². The second kappa shape index (κ2) is 11.1. The molecule has 4 rings (SSSR count). The maximum atomic E-state index is 12.6. The third kappa shape index (κ3) is 5.59. The van der Waals surface area contributed by atoms with Gasteiger partial charge < -0.3 is 11.1 Å². The van der Waals surface area contributed by atoms with Crippen LogP contribution in [-0.2, 0) is 11.3 Å². The summed E-state index contributed by atoms with van der Waals surface area (Å²) in [6, 6.07) is 14.0. The first-order valence-corrected chi connectivity index (χ1v) is 9.78. The van der Waals surface area contributed by atoms with Gasteiger partial charge in [-0.25, -0.2) is 4.68 Å². The van der Waals surface area contributed by atoms with E-state index in [1.807, 2.05) is 53.3 Å². The van der Waals surface area contributed by atoms with Crippen LogP contribution in [0.2, 0.25) is 0 Å². The van der Waals surface area contributed by atoms with Gasteiger partial charge in [-0.15, -0.1) is 24.8 Å². The third-order valence-corrected chi connectivity index (χ3v) is 5.30. The molecule has 1 aliphatic rings. The van der Waals surface area contributed by atoms with Crippen LogP contribution in [0.3, 0.4) is 0 Å². The molecule has 0 aliphatic heterocycles. The van der Waals surface area contributed by atoms with Gasteiger partial charge in [-0.2, -0.15) is 5.10 Å². The van der Waals surface area contributed by atoms with Gasteiger partial charge in [-0.05, 0) is 43.5 Å². The van der Waals surface area contributed by atoms with E-state index in [2.05, 4.69) is 10.3 Å². The van der Waals surface area contributed by atoms with E-state index in [9.17, 15) is 4.79 Å². The van der Waals surface area contributed by atoms with Gasteiger partial charge in [-0.3, -0.25) is 9.78 Å². The smallest absolute Gasteiger partial charge is 0.223 e. The zero-order chi connectivity index (χ0) is 19.3. The van der Waals surface area contributed by atoms with Crippen LogP contribution in [0.25, 0.3) is 16.9 Å². The van der Waals surface area contributed by atoms with Crippen LogP contribution in [0.4, 0.5) is 0 Å². The van der Waals surface area contributed by atoms with E-state index in [0.717, 1.165) is 48.2 Å². The Bertz CT molecular complexity index is 933. The van der Waals surface area contributed by atoms with Gasteiger partial charge in [-0.1, -0.05) is 24.6 Å². The van der Waals surface area contributed by atoms with Crippen LogP contribution in [0.5, 0.6) is 0 Å². The van der Waals surface area contributed by atoms with E-state index in [0.29, 0.717) is 6.54 Å². The molecule has 3 aromatic rings. The van der Waals surface area contributed by atoms with Crippen molar-refractivity contribution >= 4 is 30.7 Å². The van der Waals surface area contributed by atoms with Crippen LogP contribution < -0.4 is 11.1 Å². The van der Waals surface area contributed by atoms with Crippen LogP contribution in [0.15, 0.2) is 61.1 Å². The molecule has 2 atom stereocenters. The Kier molecular flexibility index (Phi) is 8.84. The molecule has 1 aliphatic carbocycles. The molecule has 6 nitrogen and oxygen atoms in total. The van der Waals surface area contributed by atoms with Crippen LogP contribution >= 0.6 is 24.8 Å². The number of aromatic nitrogens is 3. The lowest BCUT2D eigenvalue weighted by atomic mass is 9.85. The molecule has 2 heterocycles. The molecular formula is C22H27Cl2N5O. The van der Waals surface area contributed by atoms with Crippen molar-refractivity contribution in [3.63, 3.8) is 0 Å². The minimum atomic E-state index is 0. The van der Waals surface area contributed by atoms with Crippen LogP contribution in [0.1, 0.15) is 31.2 Å². The van der Waals surface area contributed by atoms with Crippen molar-refractivity contribution < 1.29 is 4.79 Å². The molecule has 2 aromatic heterocycles. The summed E-state index contributed by atoms with van der Waals surface area (Å²) in [6.07, 6.45) is 9.21. The first-order valence-electron chi connectivity index (χ1n) is 9.78. The SMILES string of the molecule is Cl.Cl.NC1CCCC(C(=O)NCc2cn(-c3ccccc3)nc2-c2ccncc2)C1. The van der Waals surface area contributed by atoms with Gasteiger partial charge in [0.1, 0.15) is 0 Å². The quantitative estimate of drug-likeness (QED) is 0.620. The summed E-state index contributed by atoms with van der Waals surface area (Å²) in [5, 5.41) is 7.87. The first-order chi connectivity index (χ1) is 13.7. The van der Waals surface area contributed by atoms with Gasteiger partial charge in [0.2, 0.25) is 5.91 Å². The number of nitrogens with two attached hydrogens (primary N) is 1. The first kappa shape index (κ1) is 23.9. The summed E-state index contributed by atoms with van der Waals surface area (Å²) in [6.45, 7) is 0.440. The number of hydrogen-bond donors (Lipinski definition) is 2. The summed E-state index contributed by atoms with van der Waals surface area (Å²) in [7, 11) is 0. The molecule has 1 amide bonds. The number of halogens is 2. The van der Waals surface area contributed by atoms with Crippen LogP contribution in [-0.4, -0.2) is 26.7 Å². The number of pyridine rings is 1. The highest BCUT2D eigenvalue weighted by molar-refractivity contribution is 5.85. The predicted molar refractivity (Wildman–Crippen MR) is 123 cm³/mol. The summed E-state index contributed by atoms with van der Waals surface area (Å²) in [4.78, 5) is 16.7. The van der Waals surface area contributed by atoms with Gasteiger partial charge in [0.25, 0.3) is 0 Å². The fourth-order valence-corrected chi connectivity index (χ4v) is 3.80.